The number of carbonyl (C=O) groups is 1. The van der Waals surface area contributed by atoms with Gasteiger partial charge in [-0.25, -0.2) is 0 Å². The molecule has 4 N–H and O–H groups in total. The minimum Gasteiger partial charge on any atom is -0.369 e. The van der Waals surface area contributed by atoms with Crippen LogP contribution in [0.15, 0.2) is 29.3 Å². The molecule has 1 saturated carbocycles. The number of amides is 1. The first-order chi connectivity index (χ1) is 14.3. The number of nitrogens with one attached hydrogen (secondary N) is 2. The molecule has 1 aromatic carbocycles. The molecule has 1 saturated heterocycles. The first-order valence-corrected chi connectivity index (χ1v) is 11.4. The second-order valence-electron chi connectivity index (χ2n) is 9.81. The lowest BCUT2D eigenvalue weighted by atomic mass is 9.75. The summed E-state index contributed by atoms with van der Waals surface area (Å²) in [6.07, 6.45) is 6.87. The Balaban J connectivity index is 0.00000341. The topological polar surface area (TPSA) is 82.8 Å². The molecule has 0 aromatic heterocycles. The van der Waals surface area contributed by atoms with Crippen LogP contribution in [0.25, 0.3) is 0 Å². The van der Waals surface area contributed by atoms with Crippen LogP contribution in [0.5, 0.6) is 0 Å². The molecule has 1 amide bonds. The molecule has 0 radical (unpaired) electrons. The van der Waals surface area contributed by atoms with Crippen molar-refractivity contribution in [3.05, 3.63) is 35.4 Å². The van der Waals surface area contributed by atoms with E-state index in [-0.39, 0.29) is 35.8 Å². The van der Waals surface area contributed by atoms with Crippen LogP contribution in [-0.2, 0) is 17.9 Å². The van der Waals surface area contributed by atoms with Crippen LogP contribution in [0.1, 0.15) is 63.5 Å². The van der Waals surface area contributed by atoms with Gasteiger partial charge in [-0.3, -0.25) is 14.7 Å². The summed E-state index contributed by atoms with van der Waals surface area (Å²) in [6.45, 7) is 8.13. The average molecular weight is 542 g/mol. The molecule has 1 aliphatic heterocycles. The molecule has 6 nitrogen and oxygen atoms in total. The molecule has 7 heteroatoms. The van der Waals surface area contributed by atoms with Crippen molar-refractivity contribution < 1.29 is 4.79 Å². The lowest BCUT2D eigenvalue weighted by Crippen LogP contribution is -2.45. The van der Waals surface area contributed by atoms with Crippen LogP contribution in [0, 0.1) is 11.3 Å². The Morgan fingerprint density at radius 1 is 1.23 bits per heavy atom. The number of nitrogens with zero attached hydrogens (tertiary/aromatic N) is 2. The van der Waals surface area contributed by atoms with Gasteiger partial charge in [-0.15, -0.1) is 24.0 Å². The van der Waals surface area contributed by atoms with Crippen LogP contribution >= 0.6 is 24.0 Å². The van der Waals surface area contributed by atoms with Gasteiger partial charge in [0.15, 0.2) is 5.96 Å². The fourth-order valence-electron chi connectivity index (χ4n) is 4.64. The van der Waals surface area contributed by atoms with E-state index in [1.54, 1.807) is 0 Å². The molecule has 31 heavy (non-hydrogen) atoms. The van der Waals surface area contributed by atoms with E-state index < -0.39 is 0 Å². The summed E-state index contributed by atoms with van der Waals surface area (Å²) in [7, 11) is 1.84. The Hall–Kier alpha value is -1.35. The van der Waals surface area contributed by atoms with Gasteiger partial charge in [0.25, 0.3) is 0 Å². The molecule has 174 valence electrons. The van der Waals surface area contributed by atoms with Gasteiger partial charge in [-0.2, -0.15) is 0 Å². The highest BCUT2D eigenvalue weighted by atomic mass is 127. The molecule has 0 bridgehead atoms. The van der Waals surface area contributed by atoms with E-state index in [0.29, 0.717) is 11.5 Å². The first-order valence-electron chi connectivity index (χ1n) is 11.4. The fraction of sp³-hybridized carbons (Fsp3) is 0.667. The number of likely N-dealkylation sites (tertiary alicyclic amines) is 1. The number of carbonyl (C=O) groups excluding carboxylic acids is 1. The SMILES string of the molecule is CN=C(NCc1cccc(CN2CCCC(C(N)=O)C2)c1)NC1CCC(C)(C)CC1.I. The molecule has 0 spiro atoms. The van der Waals surface area contributed by atoms with Crippen molar-refractivity contribution in [1.29, 1.82) is 0 Å². The number of piperidine rings is 1. The van der Waals surface area contributed by atoms with Crippen LogP contribution in [0.2, 0.25) is 0 Å². The number of benzene rings is 1. The predicted molar refractivity (Wildman–Crippen MR) is 138 cm³/mol. The van der Waals surface area contributed by atoms with E-state index in [0.717, 1.165) is 45.0 Å². The second-order valence-corrected chi connectivity index (χ2v) is 9.81. The van der Waals surface area contributed by atoms with Crippen LogP contribution in [0.4, 0.5) is 0 Å². The summed E-state index contributed by atoms with van der Waals surface area (Å²) in [4.78, 5) is 18.3. The zero-order valence-corrected chi connectivity index (χ0v) is 21.7. The fourth-order valence-corrected chi connectivity index (χ4v) is 4.64. The highest BCUT2D eigenvalue weighted by Gasteiger charge is 2.27. The van der Waals surface area contributed by atoms with Gasteiger partial charge in [-0.05, 0) is 61.6 Å². The van der Waals surface area contributed by atoms with Gasteiger partial charge in [-0.1, -0.05) is 38.1 Å². The molecule has 1 atom stereocenters. The summed E-state index contributed by atoms with van der Waals surface area (Å²) in [6, 6.07) is 9.18. The molecule has 3 rings (SSSR count). The smallest absolute Gasteiger partial charge is 0.221 e. The van der Waals surface area contributed by atoms with Gasteiger partial charge in [0.05, 0.1) is 5.92 Å². The molecule has 1 aromatic rings. The number of halogens is 1. The van der Waals surface area contributed by atoms with Gasteiger partial charge < -0.3 is 16.4 Å². The molecule has 1 aliphatic carbocycles. The molecule has 2 aliphatic rings. The normalized spacial score (nSPS) is 22.4. The van der Waals surface area contributed by atoms with Crippen molar-refractivity contribution in [2.75, 3.05) is 20.1 Å². The summed E-state index contributed by atoms with van der Waals surface area (Å²) < 4.78 is 0. The van der Waals surface area contributed by atoms with Crippen LogP contribution < -0.4 is 16.4 Å². The molecule has 1 unspecified atom stereocenters. The largest absolute Gasteiger partial charge is 0.369 e. The van der Waals surface area contributed by atoms with E-state index in [4.69, 9.17) is 5.73 Å². The number of guanidine groups is 1. The zero-order chi connectivity index (χ0) is 21.6. The van der Waals surface area contributed by atoms with E-state index in [1.165, 1.54) is 36.8 Å². The summed E-state index contributed by atoms with van der Waals surface area (Å²) in [5.74, 6) is 0.701. The predicted octanol–water partition coefficient (Wildman–Crippen LogP) is 3.64. The van der Waals surface area contributed by atoms with E-state index in [9.17, 15) is 4.79 Å². The Bertz CT molecular complexity index is 741. The third-order valence-corrected chi connectivity index (χ3v) is 6.67. The number of hydrogen-bond donors (Lipinski definition) is 3. The number of nitrogens with two attached hydrogens (primary N) is 1. The highest BCUT2D eigenvalue weighted by molar-refractivity contribution is 14.0. The van der Waals surface area contributed by atoms with Gasteiger partial charge in [0.2, 0.25) is 5.91 Å². The summed E-state index contributed by atoms with van der Waals surface area (Å²) in [5, 5.41) is 7.07. The molecule has 1 heterocycles. The maximum absolute atomic E-state index is 11.5. The van der Waals surface area contributed by atoms with E-state index >= 15 is 0 Å². The third kappa shape index (κ3) is 8.25. The number of hydrogen-bond acceptors (Lipinski definition) is 3. The molecule has 2 fully saturated rings. The van der Waals surface area contributed by atoms with Gasteiger partial charge >= 0.3 is 0 Å². The third-order valence-electron chi connectivity index (χ3n) is 6.67. The Morgan fingerprint density at radius 3 is 2.61 bits per heavy atom. The van der Waals surface area contributed by atoms with E-state index in [1.807, 2.05) is 7.05 Å². The Labute approximate surface area is 204 Å². The van der Waals surface area contributed by atoms with Crippen molar-refractivity contribution >= 4 is 35.8 Å². The van der Waals surface area contributed by atoms with Crippen molar-refractivity contribution in [3.8, 4) is 0 Å². The summed E-state index contributed by atoms with van der Waals surface area (Å²) in [5.41, 5.74) is 8.51. The maximum atomic E-state index is 11.5. The number of aliphatic imine (C=N–C) groups is 1. The van der Waals surface area contributed by atoms with Gasteiger partial charge in [0.1, 0.15) is 0 Å². The number of rotatable bonds is 6. The molecular weight excluding hydrogens is 501 g/mol. The first kappa shape index (κ1) is 25.9. The Kier molecular flexibility index (Phi) is 10.1. The quantitative estimate of drug-likeness (QED) is 0.292. The van der Waals surface area contributed by atoms with E-state index in [2.05, 4.69) is 58.6 Å². The lowest BCUT2D eigenvalue weighted by Gasteiger charge is -2.35. The van der Waals surface area contributed by atoms with Crippen LogP contribution in [-0.4, -0.2) is 42.9 Å². The monoisotopic (exact) mass is 541 g/mol. The van der Waals surface area contributed by atoms with Crippen molar-refractivity contribution in [2.24, 2.45) is 22.1 Å². The standard InChI is InChI=1S/C24H39N5O.HI/c1-24(2)11-9-21(10-12-24)28-23(26-3)27-15-18-6-4-7-19(14-18)16-29-13-5-8-20(17-29)22(25)30;/h4,6-7,14,20-21H,5,8-13,15-17H2,1-3H3,(H2,25,30)(H2,26,27,28);1H. The van der Waals surface area contributed by atoms with Gasteiger partial charge in [0, 0.05) is 32.7 Å². The summed E-state index contributed by atoms with van der Waals surface area (Å²) >= 11 is 0. The minimum atomic E-state index is -0.168. The van der Waals surface area contributed by atoms with Crippen molar-refractivity contribution in [2.45, 2.75) is 71.5 Å². The second kappa shape index (κ2) is 12.0. The minimum absolute atomic E-state index is 0. The lowest BCUT2D eigenvalue weighted by molar-refractivity contribution is -0.123. The van der Waals surface area contributed by atoms with Crippen molar-refractivity contribution in [1.82, 2.24) is 15.5 Å². The average Bonchev–Trinajstić information content (AvgIpc) is 2.73. The number of primary amides is 1. The van der Waals surface area contributed by atoms with Crippen LogP contribution in [0.3, 0.4) is 0 Å². The highest BCUT2D eigenvalue weighted by Crippen LogP contribution is 2.34. The van der Waals surface area contributed by atoms with Crippen molar-refractivity contribution in [3.63, 3.8) is 0 Å². The Morgan fingerprint density at radius 2 is 1.94 bits per heavy atom. The zero-order valence-electron chi connectivity index (χ0n) is 19.3. The maximum Gasteiger partial charge on any atom is 0.221 e. The molecular formula is C24H40IN5O.